The van der Waals surface area contributed by atoms with Crippen molar-refractivity contribution in [2.75, 3.05) is 39.0 Å². The Kier molecular flexibility index (Phi) is 4.57. The number of nitrogens with one attached hydrogen (secondary N) is 1. The Labute approximate surface area is 126 Å². The van der Waals surface area contributed by atoms with Gasteiger partial charge in [0.05, 0.1) is 4.90 Å². The molecule has 2 rings (SSSR count). The zero-order valence-corrected chi connectivity index (χ0v) is 13.9. The maximum atomic E-state index is 12.7. The van der Waals surface area contributed by atoms with Crippen LogP contribution < -0.4 is 10.6 Å². The van der Waals surface area contributed by atoms with Crippen molar-refractivity contribution in [1.29, 1.82) is 0 Å². The number of rotatable bonds is 3. The minimum Gasteiger partial charge on any atom is -0.398 e. The summed E-state index contributed by atoms with van der Waals surface area (Å²) >= 11 is 0. The highest BCUT2D eigenvalue weighted by Gasteiger charge is 2.25. The molecule has 0 amide bonds. The third kappa shape index (κ3) is 3.37. The van der Waals surface area contributed by atoms with Gasteiger partial charge in [-0.2, -0.15) is 0 Å². The van der Waals surface area contributed by atoms with Gasteiger partial charge >= 0.3 is 0 Å². The number of aryl methyl sites for hydroxylation is 2. The van der Waals surface area contributed by atoms with Crippen molar-refractivity contribution in [2.45, 2.75) is 25.7 Å². The van der Waals surface area contributed by atoms with Crippen LogP contribution in [0.3, 0.4) is 0 Å². The molecule has 0 saturated carbocycles. The molecule has 1 aliphatic rings. The second kappa shape index (κ2) is 5.92. The van der Waals surface area contributed by atoms with Gasteiger partial charge in [-0.3, -0.25) is 0 Å². The highest BCUT2D eigenvalue weighted by Crippen LogP contribution is 2.28. The summed E-state index contributed by atoms with van der Waals surface area (Å²) in [4.78, 5) is 5.15. The summed E-state index contributed by atoms with van der Waals surface area (Å²) in [5.41, 5.74) is 8.78. The van der Waals surface area contributed by atoms with Gasteiger partial charge in [0.15, 0.2) is 0 Å². The summed E-state index contributed by atoms with van der Waals surface area (Å²) in [7, 11) is -1.57. The molecule has 6 nitrogen and oxygen atoms in total. The zero-order chi connectivity index (χ0) is 15.8. The Morgan fingerprint density at radius 2 is 1.67 bits per heavy atom. The fourth-order valence-electron chi connectivity index (χ4n) is 2.71. The summed E-state index contributed by atoms with van der Waals surface area (Å²) in [5.74, 6) is 0. The molecule has 0 aliphatic carbocycles. The number of hydrogen-bond donors (Lipinski definition) is 2. The Morgan fingerprint density at radius 1 is 1.10 bits per heavy atom. The van der Waals surface area contributed by atoms with E-state index in [1.165, 1.54) is 0 Å². The van der Waals surface area contributed by atoms with Crippen LogP contribution in [0.1, 0.15) is 16.7 Å². The highest BCUT2D eigenvalue weighted by atomic mass is 32.2. The van der Waals surface area contributed by atoms with Gasteiger partial charge in [-0.05, 0) is 44.5 Å². The average molecular weight is 312 g/mol. The Hall–Kier alpha value is -1.15. The zero-order valence-electron chi connectivity index (χ0n) is 13.1. The first-order valence-electron chi connectivity index (χ1n) is 7.04. The molecule has 1 aromatic carbocycles. The van der Waals surface area contributed by atoms with Crippen molar-refractivity contribution in [3.8, 4) is 0 Å². The molecule has 0 unspecified atom stereocenters. The first-order chi connectivity index (χ1) is 9.72. The fourth-order valence-corrected chi connectivity index (χ4v) is 4.32. The van der Waals surface area contributed by atoms with Crippen LogP contribution in [0.25, 0.3) is 0 Å². The molecule has 0 radical (unpaired) electrons. The number of sulfonamides is 1. The molecule has 1 saturated heterocycles. The predicted octanol–water partition coefficient (Wildman–Crippen LogP) is 0.635. The molecule has 1 aliphatic heterocycles. The lowest BCUT2D eigenvalue weighted by molar-refractivity contribution is 0.135. The van der Waals surface area contributed by atoms with Crippen molar-refractivity contribution < 1.29 is 8.42 Å². The Morgan fingerprint density at radius 3 is 2.24 bits per heavy atom. The second-order valence-electron chi connectivity index (χ2n) is 5.76. The van der Waals surface area contributed by atoms with E-state index in [-0.39, 0.29) is 0 Å². The van der Waals surface area contributed by atoms with E-state index in [1.807, 2.05) is 20.0 Å². The molecule has 1 fully saturated rings. The van der Waals surface area contributed by atoms with Crippen molar-refractivity contribution in [1.82, 2.24) is 14.7 Å². The molecule has 0 spiro atoms. The van der Waals surface area contributed by atoms with Crippen LogP contribution in [0.15, 0.2) is 11.0 Å². The van der Waals surface area contributed by atoms with Crippen molar-refractivity contribution in [3.05, 3.63) is 22.8 Å². The first-order valence-corrected chi connectivity index (χ1v) is 8.53. The lowest BCUT2D eigenvalue weighted by Gasteiger charge is -2.32. The normalized spacial score (nSPS) is 18.1. The van der Waals surface area contributed by atoms with E-state index in [1.54, 1.807) is 18.9 Å². The number of piperazine rings is 1. The minimum absolute atomic E-state index is 0.296. The van der Waals surface area contributed by atoms with Crippen LogP contribution in [0, 0.1) is 20.8 Å². The number of nitrogens with two attached hydrogens (primary N) is 1. The molecule has 21 heavy (non-hydrogen) atoms. The number of nitrogen functional groups attached to an aromatic ring is 1. The van der Waals surface area contributed by atoms with Gasteiger partial charge in [0.2, 0.25) is 0 Å². The highest BCUT2D eigenvalue weighted by molar-refractivity contribution is 7.89. The average Bonchev–Trinajstić information content (AvgIpc) is 2.38. The van der Waals surface area contributed by atoms with Crippen LogP contribution in [0.2, 0.25) is 0 Å². The number of hydrogen-bond acceptors (Lipinski definition) is 5. The Bertz CT molecular complexity index is 635. The third-order valence-electron chi connectivity index (χ3n) is 3.98. The third-order valence-corrected chi connectivity index (χ3v) is 5.65. The van der Waals surface area contributed by atoms with Crippen LogP contribution in [-0.2, 0) is 10.0 Å². The lowest BCUT2D eigenvalue weighted by Crippen LogP contribution is -2.52. The monoisotopic (exact) mass is 312 g/mol. The summed E-state index contributed by atoms with van der Waals surface area (Å²) < 4.78 is 25.3. The van der Waals surface area contributed by atoms with E-state index in [0.717, 1.165) is 24.2 Å². The van der Waals surface area contributed by atoms with Gasteiger partial charge in [0, 0.05) is 31.9 Å². The van der Waals surface area contributed by atoms with Gasteiger partial charge in [-0.25, -0.2) is 13.4 Å². The standard InChI is InChI=1S/C14H24N4O2S/c1-10-9-11(2)14(12(3)13(10)15)21(19,20)16-18-7-5-17(4)6-8-18/h9,16H,5-8,15H2,1-4H3. The van der Waals surface area contributed by atoms with E-state index in [4.69, 9.17) is 5.73 Å². The van der Waals surface area contributed by atoms with E-state index in [9.17, 15) is 8.42 Å². The maximum Gasteiger partial charge on any atom is 0.254 e. The van der Waals surface area contributed by atoms with E-state index in [0.29, 0.717) is 29.2 Å². The van der Waals surface area contributed by atoms with Crippen LogP contribution in [-0.4, -0.2) is 51.6 Å². The molecule has 3 N–H and O–H groups in total. The summed E-state index contributed by atoms with van der Waals surface area (Å²) in [6, 6.07) is 1.82. The molecule has 7 heteroatoms. The molecule has 0 atom stereocenters. The number of anilines is 1. The molecule has 118 valence electrons. The second-order valence-corrected chi connectivity index (χ2v) is 7.36. The molecule has 0 aromatic heterocycles. The molecular formula is C14H24N4O2S. The fraction of sp³-hybridized carbons (Fsp3) is 0.571. The molecule has 1 aromatic rings. The maximum absolute atomic E-state index is 12.7. The smallest absolute Gasteiger partial charge is 0.254 e. The number of likely N-dealkylation sites (N-methyl/N-ethyl adjacent to an activating group) is 1. The van der Waals surface area contributed by atoms with Gasteiger partial charge in [0.25, 0.3) is 10.0 Å². The minimum atomic E-state index is -3.60. The van der Waals surface area contributed by atoms with E-state index >= 15 is 0 Å². The van der Waals surface area contributed by atoms with Gasteiger partial charge < -0.3 is 10.6 Å². The van der Waals surface area contributed by atoms with Gasteiger partial charge in [-0.15, -0.1) is 4.83 Å². The number of benzene rings is 1. The quantitative estimate of drug-likeness (QED) is 0.801. The summed E-state index contributed by atoms with van der Waals surface area (Å²) in [6.45, 7) is 8.49. The SMILES string of the molecule is Cc1cc(C)c(S(=O)(=O)NN2CCN(C)CC2)c(C)c1N. The lowest BCUT2D eigenvalue weighted by atomic mass is 10.1. The van der Waals surface area contributed by atoms with Crippen LogP contribution >= 0.6 is 0 Å². The van der Waals surface area contributed by atoms with E-state index in [2.05, 4.69) is 9.73 Å². The van der Waals surface area contributed by atoms with Crippen LogP contribution in [0.4, 0.5) is 5.69 Å². The molecular weight excluding hydrogens is 288 g/mol. The topological polar surface area (TPSA) is 78.7 Å². The number of hydrazine groups is 1. The van der Waals surface area contributed by atoms with Crippen molar-refractivity contribution >= 4 is 15.7 Å². The largest absolute Gasteiger partial charge is 0.398 e. The Balaban J connectivity index is 2.30. The van der Waals surface area contributed by atoms with Crippen LogP contribution in [0.5, 0.6) is 0 Å². The summed E-state index contributed by atoms with van der Waals surface area (Å²) in [5, 5.41) is 1.75. The molecule has 1 heterocycles. The van der Waals surface area contributed by atoms with Crippen molar-refractivity contribution in [3.63, 3.8) is 0 Å². The first kappa shape index (κ1) is 16.2. The van der Waals surface area contributed by atoms with E-state index < -0.39 is 10.0 Å². The van der Waals surface area contributed by atoms with Gasteiger partial charge in [-0.1, -0.05) is 6.07 Å². The van der Waals surface area contributed by atoms with Crippen molar-refractivity contribution in [2.24, 2.45) is 0 Å². The number of nitrogens with zero attached hydrogens (tertiary/aromatic N) is 2. The summed E-state index contributed by atoms with van der Waals surface area (Å²) in [6.07, 6.45) is 0. The van der Waals surface area contributed by atoms with Gasteiger partial charge in [0.1, 0.15) is 0 Å². The predicted molar refractivity (Wildman–Crippen MR) is 84.5 cm³/mol. The molecule has 0 bridgehead atoms.